The Balaban J connectivity index is 3.39. The third-order valence-electron chi connectivity index (χ3n) is 3.28. The van der Waals surface area contributed by atoms with Crippen molar-refractivity contribution >= 4 is 17.3 Å². The molecular formula is C13H18N2O4. The van der Waals surface area contributed by atoms with Crippen LogP contribution in [0.2, 0.25) is 0 Å². The molecule has 0 heterocycles. The van der Waals surface area contributed by atoms with Gasteiger partial charge in [0, 0.05) is 18.3 Å². The van der Waals surface area contributed by atoms with E-state index in [1.807, 2.05) is 6.92 Å². The van der Waals surface area contributed by atoms with Crippen LogP contribution in [0, 0.1) is 17.0 Å². The van der Waals surface area contributed by atoms with Gasteiger partial charge in [-0.15, -0.1) is 0 Å². The number of nitro groups is 1. The molecule has 6 nitrogen and oxygen atoms in total. The van der Waals surface area contributed by atoms with Crippen molar-refractivity contribution < 1.29 is 14.8 Å². The van der Waals surface area contributed by atoms with Gasteiger partial charge in [0.05, 0.1) is 10.5 Å². The fourth-order valence-corrected chi connectivity index (χ4v) is 2.08. The van der Waals surface area contributed by atoms with E-state index in [1.54, 1.807) is 37.8 Å². The number of hydrogen-bond donors (Lipinski definition) is 1. The highest BCUT2D eigenvalue weighted by Crippen LogP contribution is 2.32. The number of likely N-dealkylation sites (N-methyl/N-ethyl adjacent to an activating group) is 1. The lowest BCUT2D eigenvalue weighted by Crippen LogP contribution is -2.50. The van der Waals surface area contributed by atoms with Crippen molar-refractivity contribution in [2.75, 3.05) is 11.4 Å². The molecule has 0 fully saturated rings. The van der Waals surface area contributed by atoms with Crippen LogP contribution in [0.1, 0.15) is 26.3 Å². The Morgan fingerprint density at radius 2 is 2.05 bits per heavy atom. The number of anilines is 1. The Bertz CT molecular complexity index is 511. The summed E-state index contributed by atoms with van der Waals surface area (Å²) in [5.41, 5.74) is -0.0840. The zero-order valence-electron chi connectivity index (χ0n) is 11.5. The van der Waals surface area contributed by atoms with E-state index in [-0.39, 0.29) is 5.69 Å². The van der Waals surface area contributed by atoms with Gasteiger partial charge in [0.2, 0.25) is 0 Å². The molecule has 0 radical (unpaired) electrons. The van der Waals surface area contributed by atoms with E-state index in [9.17, 15) is 20.0 Å². The fraction of sp³-hybridized carbons (Fsp3) is 0.462. The summed E-state index contributed by atoms with van der Waals surface area (Å²) in [6, 6.07) is 4.69. The van der Waals surface area contributed by atoms with Crippen LogP contribution in [0.3, 0.4) is 0 Å². The second kappa shape index (κ2) is 5.26. The van der Waals surface area contributed by atoms with Gasteiger partial charge in [0.15, 0.2) is 0 Å². The molecule has 1 N–H and O–H groups in total. The normalized spacial score (nSPS) is 11.2. The topological polar surface area (TPSA) is 83.7 Å². The molecule has 19 heavy (non-hydrogen) atoms. The lowest BCUT2D eigenvalue weighted by Gasteiger charge is -2.37. The second-order valence-electron chi connectivity index (χ2n) is 4.79. The van der Waals surface area contributed by atoms with E-state index < -0.39 is 16.4 Å². The molecule has 0 atom stereocenters. The lowest BCUT2D eigenvalue weighted by atomic mass is 10.00. The molecule has 1 aromatic rings. The van der Waals surface area contributed by atoms with E-state index in [4.69, 9.17) is 0 Å². The van der Waals surface area contributed by atoms with Gasteiger partial charge >= 0.3 is 5.97 Å². The number of rotatable bonds is 5. The summed E-state index contributed by atoms with van der Waals surface area (Å²) in [6.45, 7) is 7.06. The Labute approximate surface area is 111 Å². The highest BCUT2D eigenvalue weighted by Gasteiger charge is 2.35. The molecule has 0 saturated carbocycles. The average molecular weight is 266 g/mol. The summed E-state index contributed by atoms with van der Waals surface area (Å²) in [4.78, 5) is 23.5. The van der Waals surface area contributed by atoms with Crippen molar-refractivity contribution in [3.63, 3.8) is 0 Å². The van der Waals surface area contributed by atoms with Crippen LogP contribution >= 0.6 is 0 Å². The molecule has 0 aliphatic carbocycles. The lowest BCUT2D eigenvalue weighted by molar-refractivity contribution is -0.385. The molecule has 0 amide bonds. The van der Waals surface area contributed by atoms with Crippen LogP contribution in [0.4, 0.5) is 11.4 Å². The summed E-state index contributed by atoms with van der Waals surface area (Å²) in [5.74, 6) is -0.972. The Morgan fingerprint density at radius 3 is 2.47 bits per heavy atom. The number of nitrogens with zero attached hydrogens (tertiary/aromatic N) is 2. The molecule has 0 bridgehead atoms. The van der Waals surface area contributed by atoms with Gasteiger partial charge in [-0.25, -0.2) is 4.79 Å². The summed E-state index contributed by atoms with van der Waals surface area (Å²) in [5, 5.41) is 20.2. The standard InChI is InChI=1S/C13H18N2O4/c1-5-14(13(3,4)12(16)17)10-7-6-8-11(9(10)2)15(18)19/h6-8H,5H2,1-4H3,(H,16,17). The largest absolute Gasteiger partial charge is 0.480 e. The van der Waals surface area contributed by atoms with Crippen molar-refractivity contribution in [1.82, 2.24) is 0 Å². The first-order valence-electron chi connectivity index (χ1n) is 5.98. The third-order valence-corrected chi connectivity index (χ3v) is 3.28. The number of nitro benzene ring substituents is 1. The molecule has 104 valence electrons. The SMILES string of the molecule is CCN(c1cccc([N+](=O)[O-])c1C)C(C)(C)C(=O)O. The molecule has 0 aliphatic heterocycles. The maximum atomic E-state index is 11.3. The molecule has 0 aromatic heterocycles. The van der Waals surface area contributed by atoms with Crippen LogP contribution < -0.4 is 4.90 Å². The van der Waals surface area contributed by atoms with Crippen molar-refractivity contribution in [3.05, 3.63) is 33.9 Å². The summed E-state index contributed by atoms with van der Waals surface area (Å²) in [7, 11) is 0. The second-order valence-corrected chi connectivity index (χ2v) is 4.79. The van der Waals surface area contributed by atoms with E-state index in [0.717, 1.165) is 0 Å². The number of carboxylic acids is 1. The van der Waals surface area contributed by atoms with E-state index in [2.05, 4.69) is 0 Å². The summed E-state index contributed by atoms with van der Waals surface area (Å²) < 4.78 is 0. The average Bonchev–Trinajstić information content (AvgIpc) is 2.31. The molecule has 0 spiro atoms. The number of hydrogen-bond acceptors (Lipinski definition) is 4. The minimum absolute atomic E-state index is 0.00265. The van der Waals surface area contributed by atoms with Gasteiger partial charge in [-0.3, -0.25) is 10.1 Å². The van der Waals surface area contributed by atoms with Gasteiger partial charge < -0.3 is 10.0 Å². The minimum Gasteiger partial charge on any atom is -0.480 e. The zero-order chi connectivity index (χ0) is 14.8. The Kier molecular flexibility index (Phi) is 4.14. The number of benzene rings is 1. The molecule has 0 aliphatic rings. The molecular weight excluding hydrogens is 248 g/mol. The predicted octanol–water partition coefficient (Wildman–Crippen LogP) is 2.59. The highest BCUT2D eigenvalue weighted by molar-refractivity contribution is 5.83. The number of carbonyl (C=O) groups is 1. The van der Waals surface area contributed by atoms with Crippen molar-refractivity contribution in [2.45, 2.75) is 33.2 Å². The quantitative estimate of drug-likeness (QED) is 0.654. The minimum atomic E-state index is -1.13. The molecule has 1 rings (SSSR count). The van der Waals surface area contributed by atoms with Gasteiger partial charge in [-0.1, -0.05) is 6.07 Å². The number of aliphatic carboxylic acids is 1. The van der Waals surface area contributed by atoms with Crippen LogP contribution in [0.5, 0.6) is 0 Å². The first kappa shape index (κ1) is 14.9. The van der Waals surface area contributed by atoms with E-state index in [1.165, 1.54) is 6.07 Å². The maximum Gasteiger partial charge on any atom is 0.328 e. The Morgan fingerprint density at radius 1 is 1.47 bits per heavy atom. The van der Waals surface area contributed by atoms with E-state index >= 15 is 0 Å². The zero-order valence-corrected chi connectivity index (χ0v) is 11.5. The monoisotopic (exact) mass is 266 g/mol. The molecule has 6 heteroatoms. The van der Waals surface area contributed by atoms with Crippen LogP contribution in [-0.4, -0.2) is 28.1 Å². The smallest absolute Gasteiger partial charge is 0.328 e. The van der Waals surface area contributed by atoms with Crippen molar-refractivity contribution in [2.24, 2.45) is 0 Å². The number of carboxylic acid groups (broad SMARTS) is 1. The van der Waals surface area contributed by atoms with Gasteiger partial charge in [-0.2, -0.15) is 0 Å². The van der Waals surface area contributed by atoms with Crippen molar-refractivity contribution in [1.29, 1.82) is 0 Å². The Hall–Kier alpha value is -2.11. The van der Waals surface area contributed by atoms with Crippen LogP contribution in [0.25, 0.3) is 0 Å². The summed E-state index contributed by atoms with van der Waals surface area (Å²) >= 11 is 0. The van der Waals surface area contributed by atoms with Gasteiger partial charge in [-0.05, 0) is 33.8 Å². The first-order chi connectivity index (χ1) is 8.73. The van der Waals surface area contributed by atoms with Crippen LogP contribution in [0.15, 0.2) is 18.2 Å². The fourth-order valence-electron chi connectivity index (χ4n) is 2.08. The third kappa shape index (κ3) is 2.67. The van der Waals surface area contributed by atoms with Gasteiger partial charge in [0.1, 0.15) is 5.54 Å². The van der Waals surface area contributed by atoms with Gasteiger partial charge in [0.25, 0.3) is 5.69 Å². The van der Waals surface area contributed by atoms with Crippen molar-refractivity contribution in [3.8, 4) is 0 Å². The van der Waals surface area contributed by atoms with Crippen LogP contribution in [-0.2, 0) is 4.79 Å². The first-order valence-corrected chi connectivity index (χ1v) is 5.98. The highest BCUT2D eigenvalue weighted by atomic mass is 16.6. The maximum absolute atomic E-state index is 11.3. The summed E-state index contributed by atoms with van der Waals surface area (Å²) in [6.07, 6.45) is 0. The predicted molar refractivity (Wildman–Crippen MR) is 72.6 cm³/mol. The van der Waals surface area contributed by atoms with E-state index in [0.29, 0.717) is 17.8 Å². The molecule has 1 aromatic carbocycles. The molecule has 0 unspecified atom stereocenters. The molecule has 0 saturated heterocycles.